The van der Waals surface area contributed by atoms with Gasteiger partial charge in [0.05, 0.1) is 16.1 Å². The molecule has 0 unspecified atom stereocenters. The highest BCUT2D eigenvalue weighted by molar-refractivity contribution is 5.90. The third-order valence-corrected chi connectivity index (χ3v) is 2.85. The Balaban J connectivity index is 3.37. The van der Waals surface area contributed by atoms with Gasteiger partial charge in [-0.3, -0.25) is 10.1 Å². The number of nitrogens with zero attached hydrogens (tertiary/aromatic N) is 2. The molecule has 1 N–H and O–H groups in total. The zero-order valence-electron chi connectivity index (χ0n) is 11.5. The highest BCUT2D eigenvalue weighted by Crippen LogP contribution is 2.30. The summed E-state index contributed by atoms with van der Waals surface area (Å²) in [6, 6.07) is 2.58. The Labute approximate surface area is 111 Å². The zero-order valence-corrected chi connectivity index (χ0v) is 11.5. The number of hydrogen-bond donors (Lipinski definition) is 1. The smallest absolute Gasteiger partial charge is 0.336 e. The van der Waals surface area contributed by atoms with E-state index in [0.29, 0.717) is 23.7 Å². The standard InChI is InChI=1S/C13H18N2O4/c1-8(2)7-14(4)11-5-10(13(16)17)6-12(9(11)3)15(18)19/h5-6,8H,7H2,1-4H3,(H,16,17). The van der Waals surface area contributed by atoms with Crippen molar-refractivity contribution in [2.75, 3.05) is 18.5 Å². The van der Waals surface area contributed by atoms with Gasteiger partial charge in [0, 0.05) is 25.3 Å². The summed E-state index contributed by atoms with van der Waals surface area (Å²) in [6.07, 6.45) is 0. The SMILES string of the molecule is Cc1c(N(C)CC(C)C)cc(C(=O)O)cc1[N+](=O)[O-]. The van der Waals surface area contributed by atoms with Crippen molar-refractivity contribution in [1.82, 2.24) is 0 Å². The first-order valence-electron chi connectivity index (χ1n) is 5.97. The molecular formula is C13H18N2O4. The van der Waals surface area contributed by atoms with Gasteiger partial charge in [-0.05, 0) is 18.9 Å². The number of nitro groups is 1. The number of aromatic carboxylic acids is 1. The van der Waals surface area contributed by atoms with Crippen LogP contribution in [0.3, 0.4) is 0 Å². The molecule has 1 aromatic rings. The fourth-order valence-corrected chi connectivity index (χ4v) is 2.04. The lowest BCUT2D eigenvalue weighted by Gasteiger charge is -2.23. The minimum Gasteiger partial charge on any atom is -0.478 e. The lowest BCUT2D eigenvalue weighted by Crippen LogP contribution is -2.24. The molecule has 0 fully saturated rings. The average Bonchev–Trinajstić information content (AvgIpc) is 2.27. The molecule has 0 bridgehead atoms. The summed E-state index contributed by atoms with van der Waals surface area (Å²) >= 11 is 0. The van der Waals surface area contributed by atoms with Gasteiger partial charge in [0.25, 0.3) is 5.69 Å². The van der Waals surface area contributed by atoms with Crippen LogP contribution in [-0.2, 0) is 0 Å². The number of benzene rings is 1. The fourth-order valence-electron chi connectivity index (χ4n) is 2.04. The minimum atomic E-state index is -1.16. The predicted octanol–water partition coefficient (Wildman–Crippen LogP) is 2.69. The van der Waals surface area contributed by atoms with E-state index in [1.54, 1.807) is 14.0 Å². The first kappa shape index (κ1) is 14.9. The molecule has 0 saturated carbocycles. The maximum Gasteiger partial charge on any atom is 0.336 e. The van der Waals surface area contributed by atoms with Crippen molar-refractivity contribution in [3.63, 3.8) is 0 Å². The summed E-state index contributed by atoms with van der Waals surface area (Å²) in [7, 11) is 1.80. The molecule has 0 aliphatic heterocycles. The summed E-state index contributed by atoms with van der Waals surface area (Å²) in [4.78, 5) is 23.3. The molecule has 19 heavy (non-hydrogen) atoms. The Morgan fingerprint density at radius 1 is 1.47 bits per heavy atom. The molecule has 1 rings (SSSR count). The second kappa shape index (κ2) is 5.69. The maximum absolute atomic E-state index is 11.0. The van der Waals surface area contributed by atoms with E-state index in [1.807, 2.05) is 18.7 Å². The molecule has 0 heterocycles. The lowest BCUT2D eigenvalue weighted by molar-refractivity contribution is -0.385. The van der Waals surface area contributed by atoms with E-state index in [2.05, 4.69) is 0 Å². The number of carboxylic acid groups (broad SMARTS) is 1. The van der Waals surface area contributed by atoms with Crippen molar-refractivity contribution < 1.29 is 14.8 Å². The van der Waals surface area contributed by atoms with Crippen LogP contribution in [0, 0.1) is 23.0 Å². The van der Waals surface area contributed by atoms with Crippen LogP contribution in [0.25, 0.3) is 0 Å². The van der Waals surface area contributed by atoms with Crippen molar-refractivity contribution in [1.29, 1.82) is 0 Å². The van der Waals surface area contributed by atoms with Crippen LogP contribution in [0.4, 0.5) is 11.4 Å². The molecule has 0 spiro atoms. The molecule has 0 aliphatic rings. The van der Waals surface area contributed by atoms with Gasteiger partial charge in [0.2, 0.25) is 0 Å². The summed E-state index contributed by atoms with van der Waals surface area (Å²) < 4.78 is 0. The lowest BCUT2D eigenvalue weighted by atomic mass is 10.1. The monoisotopic (exact) mass is 266 g/mol. The largest absolute Gasteiger partial charge is 0.478 e. The Morgan fingerprint density at radius 2 is 2.05 bits per heavy atom. The van der Waals surface area contributed by atoms with Crippen LogP contribution < -0.4 is 4.90 Å². The Bertz CT molecular complexity index is 512. The molecular weight excluding hydrogens is 248 g/mol. The molecule has 6 heteroatoms. The molecule has 0 atom stereocenters. The van der Waals surface area contributed by atoms with Gasteiger partial charge >= 0.3 is 5.97 Å². The van der Waals surface area contributed by atoms with Gasteiger partial charge in [-0.25, -0.2) is 4.79 Å². The predicted molar refractivity (Wildman–Crippen MR) is 72.9 cm³/mol. The minimum absolute atomic E-state index is 0.0668. The Hall–Kier alpha value is -2.11. The molecule has 0 aliphatic carbocycles. The molecule has 6 nitrogen and oxygen atoms in total. The Morgan fingerprint density at radius 3 is 2.47 bits per heavy atom. The summed E-state index contributed by atoms with van der Waals surface area (Å²) in [5.41, 5.74) is 0.840. The van der Waals surface area contributed by atoms with Gasteiger partial charge in [-0.2, -0.15) is 0 Å². The van der Waals surface area contributed by atoms with Crippen LogP contribution in [-0.4, -0.2) is 29.6 Å². The summed E-state index contributed by atoms with van der Waals surface area (Å²) in [5, 5.41) is 20.0. The van der Waals surface area contributed by atoms with E-state index in [4.69, 9.17) is 5.11 Å². The first-order chi connectivity index (χ1) is 8.73. The van der Waals surface area contributed by atoms with Gasteiger partial charge in [0.15, 0.2) is 0 Å². The van der Waals surface area contributed by atoms with Gasteiger partial charge in [-0.1, -0.05) is 13.8 Å². The number of rotatable bonds is 5. The van der Waals surface area contributed by atoms with E-state index in [1.165, 1.54) is 6.07 Å². The zero-order chi connectivity index (χ0) is 14.7. The number of hydrogen-bond acceptors (Lipinski definition) is 4. The average molecular weight is 266 g/mol. The van der Waals surface area contributed by atoms with E-state index >= 15 is 0 Å². The maximum atomic E-state index is 11.0. The second-order valence-electron chi connectivity index (χ2n) is 4.98. The fraction of sp³-hybridized carbons (Fsp3) is 0.462. The van der Waals surface area contributed by atoms with Crippen molar-refractivity contribution in [2.45, 2.75) is 20.8 Å². The van der Waals surface area contributed by atoms with Crippen LogP contribution in [0.5, 0.6) is 0 Å². The van der Waals surface area contributed by atoms with E-state index < -0.39 is 10.9 Å². The molecule has 0 aromatic heterocycles. The molecule has 0 saturated heterocycles. The quantitative estimate of drug-likeness (QED) is 0.654. The topological polar surface area (TPSA) is 83.7 Å². The third kappa shape index (κ3) is 3.43. The number of anilines is 1. The molecule has 104 valence electrons. The first-order valence-corrected chi connectivity index (χ1v) is 5.97. The van der Waals surface area contributed by atoms with Gasteiger partial charge in [0.1, 0.15) is 0 Å². The second-order valence-corrected chi connectivity index (χ2v) is 4.98. The normalized spacial score (nSPS) is 10.6. The van der Waals surface area contributed by atoms with Gasteiger partial charge < -0.3 is 10.0 Å². The highest BCUT2D eigenvalue weighted by Gasteiger charge is 2.21. The van der Waals surface area contributed by atoms with Crippen LogP contribution in [0.15, 0.2) is 12.1 Å². The summed E-state index contributed by atoms with van der Waals surface area (Å²) in [5.74, 6) is -0.792. The molecule has 0 amide bonds. The Kier molecular flexibility index (Phi) is 4.47. The summed E-state index contributed by atoms with van der Waals surface area (Å²) in [6.45, 7) is 6.39. The number of nitro benzene ring substituents is 1. The van der Waals surface area contributed by atoms with Crippen LogP contribution in [0.1, 0.15) is 29.8 Å². The van der Waals surface area contributed by atoms with Crippen LogP contribution >= 0.6 is 0 Å². The van der Waals surface area contributed by atoms with Crippen molar-refractivity contribution in [2.24, 2.45) is 5.92 Å². The van der Waals surface area contributed by atoms with Gasteiger partial charge in [-0.15, -0.1) is 0 Å². The third-order valence-electron chi connectivity index (χ3n) is 2.85. The molecule has 1 aromatic carbocycles. The van der Waals surface area contributed by atoms with Crippen LogP contribution in [0.2, 0.25) is 0 Å². The van der Waals surface area contributed by atoms with E-state index in [-0.39, 0.29) is 11.3 Å². The van der Waals surface area contributed by atoms with E-state index in [9.17, 15) is 14.9 Å². The molecule has 0 radical (unpaired) electrons. The highest BCUT2D eigenvalue weighted by atomic mass is 16.6. The van der Waals surface area contributed by atoms with E-state index in [0.717, 1.165) is 6.07 Å². The number of carboxylic acids is 1. The van der Waals surface area contributed by atoms with Crippen molar-refractivity contribution in [3.05, 3.63) is 33.4 Å². The van der Waals surface area contributed by atoms with Crippen molar-refractivity contribution >= 4 is 17.3 Å². The van der Waals surface area contributed by atoms with Crippen molar-refractivity contribution in [3.8, 4) is 0 Å². The number of carbonyl (C=O) groups is 1.